The zero-order valence-electron chi connectivity index (χ0n) is 11.1. The van der Waals surface area contributed by atoms with Crippen molar-refractivity contribution in [1.82, 2.24) is 15.6 Å². The van der Waals surface area contributed by atoms with Crippen LogP contribution in [-0.4, -0.2) is 37.8 Å². The fourth-order valence-electron chi connectivity index (χ4n) is 2.56. The topological polar surface area (TPSA) is 59.3 Å². The summed E-state index contributed by atoms with van der Waals surface area (Å²) in [6, 6.07) is 6.86. The minimum atomic E-state index is 0.286. The molecular weight excluding hydrogens is 242 g/mol. The molecule has 2 heterocycles. The molecule has 1 aromatic heterocycles. The quantitative estimate of drug-likeness (QED) is 0.872. The van der Waals surface area contributed by atoms with Gasteiger partial charge in [-0.05, 0) is 31.2 Å². The third kappa shape index (κ3) is 2.78. The molecule has 2 N–H and O–H groups in total. The van der Waals surface area contributed by atoms with Gasteiger partial charge in [0.2, 0.25) is 0 Å². The van der Waals surface area contributed by atoms with E-state index in [-0.39, 0.29) is 6.04 Å². The second kappa shape index (κ2) is 5.69. The summed E-state index contributed by atoms with van der Waals surface area (Å²) in [4.78, 5) is 4.14. The zero-order valence-corrected chi connectivity index (χ0v) is 11.1. The Morgan fingerprint density at radius 1 is 1.53 bits per heavy atom. The Morgan fingerprint density at radius 2 is 2.47 bits per heavy atom. The van der Waals surface area contributed by atoms with Crippen LogP contribution in [0.2, 0.25) is 0 Å². The maximum Gasteiger partial charge on any atom is 0.181 e. The smallest absolute Gasteiger partial charge is 0.181 e. The summed E-state index contributed by atoms with van der Waals surface area (Å²) in [6.07, 6.45) is 2.48. The van der Waals surface area contributed by atoms with Crippen LogP contribution in [0.25, 0.3) is 11.1 Å². The van der Waals surface area contributed by atoms with E-state index in [9.17, 15) is 0 Å². The highest BCUT2D eigenvalue weighted by Crippen LogP contribution is 2.23. The van der Waals surface area contributed by atoms with Crippen LogP contribution in [0.5, 0.6) is 0 Å². The molecule has 0 amide bonds. The minimum Gasteiger partial charge on any atom is -0.443 e. The number of hydrogen-bond acceptors (Lipinski definition) is 5. The second-order valence-electron chi connectivity index (χ2n) is 4.88. The predicted octanol–water partition coefficient (Wildman–Crippen LogP) is 1.47. The first kappa shape index (κ1) is 12.6. The molecule has 1 aromatic carbocycles. The molecule has 1 saturated heterocycles. The van der Waals surface area contributed by atoms with Gasteiger partial charge in [-0.15, -0.1) is 0 Å². The van der Waals surface area contributed by atoms with E-state index in [1.165, 1.54) is 12.0 Å². The Balaban J connectivity index is 1.76. The van der Waals surface area contributed by atoms with Crippen LogP contribution in [0.4, 0.5) is 0 Å². The van der Waals surface area contributed by atoms with E-state index in [1.807, 2.05) is 13.1 Å². The summed E-state index contributed by atoms with van der Waals surface area (Å²) in [5.41, 5.74) is 2.96. The number of benzene rings is 1. The Kier molecular flexibility index (Phi) is 3.77. The number of fused-ring (bicyclic) bond motifs is 1. The fourth-order valence-corrected chi connectivity index (χ4v) is 2.56. The van der Waals surface area contributed by atoms with Crippen LogP contribution in [-0.2, 0) is 4.74 Å². The number of aromatic nitrogens is 1. The van der Waals surface area contributed by atoms with Crippen LogP contribution >= 0.6 is 0 Å². The van der Waals surface area contributed by atoms with Crippen LogP contribution in [0.3, 0.4) is 0 Å². The van der Waals surface area contributed by atoms with Crippen LogP contribution < -0.4 is 10.6 Å². The van der Waals surface area contributed by atoms with Crippen molar-refractivity contribution in [2.45, 2.75) is 18.5 Å². The number of nitrogens with zero attached hydrogens (tertiary/aromatic N) is 1. The SMILES string of the molecule is CNC(CC1COCCN1)c1ccc2ncoc2c1. The van der Waals surface area contributed by atoms with Crippen LogP contribution in [0.1, 0.15) is 18.0 Å². The average Bonchev–Trinajstić information content (AvgIpc) is 2.93. The molecule has 1 aliphatic rings. The van der Waals surface area contributed by atoms with Crippen molar-refractivity contribution < 1.29 is 9.15 Å². The van der Waals surface area contributed by atoms with Crippen molar-refractivity contribution in [3.8, 4) is 0 Å². The lowest BCUT2D eigenvalue weighted by molar-refractivity contribution is 0.0708. The highest BCUT2D eigenvalue weighted by Gasteiger charge is 2.19. The van der Waals surface area contributed by atoms with Crippen molar-refractivity contribution in [1.29, 1.82) is 0 Å². The summed E-state index contributed by atoms with van der Waals surface area (Å²) in [7, 11) is 1.99. The molecule has 102 valence electrons. The number of nitrogens with one attached hydrogen (secondary N) is 2. The maximum absolute atomic E-state index is 5.50. The molecule has 5 nitrogen and oxygen atoms in total. The fraction of sp³-hybridized carbons (Fsp3) is 0.500. The molecule has 3 rings (SSSR count). The first-order valence-electron chi connectivity index (χ1n) is 6.68. The van der Waals surface area contributed by atoms with Gasteiger partial charge < -0.3 is 19.8 Å². The van der Waals surface area contributed by atoms with Crippen LogP contribution in [0.15, 0.2) is 29.0 Å². The van der Waals surface area contributed by atoms with Crippen molar-refractivity contribution in [3.05, 3.63) is 30.2 Å². The van der Waals surface area contributed by atoms with Gasteiger partial charge in [0.05, 0.1) is 13.2 Å². The summed E-state index contributed by atoms with van der Waals surface area (Å²) < 4.78 is 10.9. The summed E-state index contributed by atoms with van der Waals surface area (Å²) >= 11 is 0. The van der Waals surface area contributed by atoms with Gasteiger partial charge in [-0.1, -0.05) is 6.07 Å². The Hall–Kier alpha value is -1.43. The number of rotatable bonds is 4. The van der Waals surface area contributed by atoms with E-state index in [1.54, 1.807) is 0 Å². The Bertz CT molecular complexity index is 534. The molecule has 2 atom stereocenters. The zero-order chi connectivity index (χ0) is 13.1. The maximum atomic E-state index is 5.50. The van der Waals surface area contributed by atoms with Crippen molar-refractivity contribution >= 4 is 11.1 Å². The molecule has 19 heavy (non-hydrogen) atoms. The standard InChI is InChI=1S/C14H19N3O2/c1-15-13(7-11-8-18-5-4-16-11)10-2-3-12-14(6-10)19-9-17-12/h2-3,6,9,11,13,15-16H,4-5,7-8H2,1H3. The largest absolute Gasteiger partial charge is 0.443 e. The van der Waals surface area contributed by atoms with Crippen molar-refractivity contribution in [3.63, 3.8) is 0 Å². The summed E-state index contributed by atoms with van der Waals surface area (Å²) in [6.45, 7) is 2.52. The number of morpholine rings is 1. The number of oxazole rings is 1. The number of ether oxygens (including phenoxy) is 1. The van der Waals surface area contributed by atoms with Gasteiger partial charge >= 0.3 is 0 Å². The van der Waals surface area contributed by atoms with Crippen LogP contribution in [0, 0.1) is 0 Å². The van der Waals surface area contributed by atoms with Crippen molar-refractivity contribution in [2.75, 3.05) is 26.8 Å². The lowest BCUT2D eigenvalue weighted by Gasteiger charge is -2.27. The molecule has 1 aliphatic heterocycles. The van der Waals surface area contributed by atoms with E-state index in [2.05, 4.69) is 27.8 Å². The Labute approximate surface area is 112 Å². The van der Waals surface area contributed by atoms with Gasteiger partial charge in [-0.2, -0.15) is 0 Å². The van der Waals surface area contributed by atoms with E-state index in [0.29, 0.717) is 6.04 Å². The van der Waals surface area contributed by atoms with E-state index in [0.717, 1.165) is 37.3 Å². The first-order valence-corrected chi connectivity index (χ1v) is 6.68. The highest BCUT2D eigenvalue weighted by atomic mass is 16.5. The molecule has 5 heteroatoms. The molecule has 0 aliphatic carbocycles. The lowest BCUT2D eigenvalue weighted by atomic mass is 9.99. The molecule has 1 fully saturated rings. The van der Waals surface area contributed by atoms with Gasteiger partial charge in [0.25, 0.3) is 0 Å². The molecule has 2 aromatic rings. The first-order chi connectivity index (χ1) is 9.36. The van der Waals surface area contributed by atoms with Gasteiger partial charge in [0, 0.05) is 18.6 Å². The number of hydrogen-bond donors (Lipinski definition) is 2. The highest BCUT2D eigenvalue weighted by molar-refractivity contribution is 5.72. The second-order valence-corrected chi connectivity index (χ2v) is 4.88. The van der Waals surface area contributed by atoms with E-state index < -0.39 is 0 Å². The Morgan fingerprint density at radius 3 is 3.26 bits per heavy atom. The monoisotopic (exact) mass is 261 g/mol. The summed E-state index contributed by atoms with van der Waals surface area (Å²) in [5, 5.41) is 6.85. The molecule has 0 radical (unpaired) electrons. The molecule has 0 spiro atoms. The minimum absolute atomic E-state index is 0.286. The van der Waals surface area contributed by atoms with Gasteiger partial charge in [0.1, 0.15) is 5.52 Å². The average molecular weight is 261 g/mol. The van der Waals surface area contributed by atoms with Crippen molar-refractivity contribution in [2.24, 2.45) is 0 Å². The lowest BCUT2D eigenvalue weighted by Crippen LogP contribution is -2.43. The van der Waals surface area contributed by atoms with E-state index >= 15 is 0 Å². The predicted molar refractivity (Wildman–Crippen MR) is 73.0 cm³/mol. The third-order valence-corrected chi connectivity index (χ3v) is 3.62. The molecule has 2 unspecified atom stereocenters. The van der Waals surface area contributed by atoms with Gasteiger partial charge in [0.15, 0.2) is 12.0 Å². The molecule has 0 saturated carbocycles. The van der Waals surface area contributed by atoms with Gasteiger partial charge in [-0.3, -0.25) is 0 Å². The van der Waals surface area contributed by atoms with E-state index in [4.69, 9.17) is 9.15 Å². The molecular formula is C14H19N3O2. The van der Waals surface area contributed by atoms with Gasteiger partial charge in [-0.25, -0.2) is 4.98 Å². The normalized spacial score (nSPS) is 21.6. The third-order valence-electron chi connectivity index (χ3n) is 3.62. The summed E-state index contributed by atoms with van der Waals surface area (Å²) in [5.74, 6) is 0. The molecule has 0 bridgehead atoms.